The lowest BCUT2D eigenvalue weighted by atomic mass is 10.2. The summed E-state index contributed by atoms with van der Waals surface area (Å²) in [6, 6.07) is 11.1. The summed E-state index contributed by atoms with van der Waals surface area (Å²) >= 11 is 1.35. The van der Waals surface area contributed by atoms with Gasteiger partial charge in [0.05, 0.1) is 21.6 Å². The molecule has 11 nitrogen and oxygen atoms in total. The molecule has 4 aromatic heterocycles. The van der Waals surface area contributed by atoms with Crippen molar-refractivity contribution in [3.63, 3.8) is 0 Å². The van der Waals surface area contributed by atoms with Gasteiger partial charge in [0.1, 0.15) is 11.5 Å². The number of carbonyl (C=O) groups is 3. The summed E-state index contributed by atoms with van der Waals surface area (Å²) in [5.41, 5.74) is 2.83. The molecule has 2 fully saturated rings. The highest BCUT2D eigenvalue weighted by molar-refractivity contribution is 7.17. The first-order valence-corrected chi connectivity index (χ1v) is 12.6. The molecule has 1 saturated carbocycles. The van der Waals surface area contributed by atoms with Crippen LogP contribution in [0.4, 0.5) is 10.6 Å². The molecule has 0 spiro atoms. The third kappa shape index (κ3) is 4.91. The summed E-state index contributed by atoms with van der Waals surface area (Å²) in [6.45, 7) is 0.487. The van der Waals surface area contributed by atoms with E-state index in [1.54, 1.807) is 29.1 Å². The minimum Gasteiger partial charge on any atom is -0.367 e. The van der Waals surface area contributed by atoms with E-state index in [1.807, 2.05) is 30.3 Å². The van der Waals surface area contributed by atoms with Crippen molar-refractivity contribution in [1.82, 2.24) is 35.5 Å². The molecule has 186 valence electrons. The van der Waals surface area contributed by atoms with E-state index in [4.69, 9.17) is 4.98 Å². The number of anilines is 1. The van der Waals surface area contributed by atoms with Crippen LogP contribution in [0.15, 0.2) is 54.5 Å². The molecule has 4 amide bonds. The van der Waals surface area contributed by atoms with Gasteiger partial charge in [-0.15, -0.1) is 11.3 Å². The molecule has 12 heteroatoms. The Morgan fingerprint density at radius 2 is 2.08 bits per heavy atom. The van der Waals surface area contributed by atoms with E-state index in [0.717, 1.165) is 29.2 Å². The normalized spacial score (nSPS) is 16.2. The van der Waals surface area contributed by atoms with E-state index in [9.17, 15) is 14.4 Å². The van der Waals surface area contributed by atoms with E-state index < -0.39 is 11.9 Å². The molecule has 0 radical (unpaired) electrons. The maximum Gasteiger partial charge on any atom is 0.326 e. The molecular formula is C25H22N8O3S. The number of urea groups is 1. The number of thiophene rings is 1. The van der Waals surface area contributed by atoms with Crippen molar-refractivity contribution in [1.29, 1.82) is 0 Å². The van der Waals surface area contributed by atoms with Crippen LogP contribution in [-0.2, 0) is 11.2 Å². The Hall–Kier alpha value is -4.58. The quantitative estimate of drug-likeness (QED) is 0.209. The molecule has 2 aliphatic rings. The number of nitrogens with zero attached hydrogens (tertiary/aromatic N) is 4. The molecule has 1 aliphatic carbocycles. The van der Waals surface area contributed by atoms with E-state index >= 15 is 0 Å². The third-order valence-corrected chi connectivity index (χ3v) is 7.03. The van der Waals surface area contributed by atoms with Gasteiger partial charge in [0.2, 0.25) is 0 Å². The van der Waals surface area contributed by atoms with Crippen LogP contribution >= 0.6 is 11.3 Å². The first-order chi connectivity index (χ1) is 18.0. The van der Waals surface area contributed by atoms with Gasteiger partial charge in [-0.25, -0.2) is 9.78 Å². The van der Waals surface area contributed by atoms with Gasteiger partial charge in [-0.05, 0) is 43.2 Å². The highest BCUT2D eigenvalue weighted by atomic mass is 32.1. The molecule has 5 heterocycles. The molecule has 6 rings (SSSR count). The van der Waals surface area contributed by atoms with Gasteiger partial charge in [-0.3, -0.25) is 19.9 Å². The Labute approximate surface area is 215 Å². The van der Waals surface area contributed by atoms with Crippen molar-refractivity contribution in [3.8, 4) is 10.6 Å². The van der Waals surface area contributed by atoms with Crippen LogP contribution in [0.2, 0.25) is 0 Å². The van der Waals surface area contributed by atoms with Crippen molar-refractivity contribution in [3.05, 3.63) is 70.6 Å². The first-order valence-electron chi connectivity index (χ1n) is 11.8. The summed E-state index contributed by atoms with van der Waals surface area (Å²) in [7, 11) is 0. The van der Waals surface area contributed by atoms with Gasteiger partial charge < -0.3 is 16.0 Å². The number of amides is 4. The fourth-order valence-electron chi connectivity index (χ4n) is 3.92. The Kier molecular flexibility index (Phi) is 5.85. The molecule has 0 atom stereocenters. The lowest BCUT2D eigenvalue weighted by Crippen LogP contribution is -2.25. The largest absolute Gasteiger partial charge is 0.367 e. The molecule has 37 heavy (non-hydrogen) atoms. The number of fused-ring (bicyclic) bond motifs is 1. The van der Waals surface area contributed by atoms with Gasteiger partial charge in [-0.1, -0.05) is 6.07 Å². The summed E-state index contributed by atoms with van der Waals surface area (Å²) in [5, 5.41) is 15.5. The van der Waals surface area contributed by atoms with Crippen LogP contribution in [0.3, 0.4) is 0 Å². The molecule has 1 aliphatic heterocycles. The first kappa shape index (κ1) is 22.9. The monoisotopic (exact) mass is 514 g/mol. The zero-order valence-corrected chi connectivity index (χ0v) is 20.3. The van der Waals surface area contributed by atoms with Gasteiger partial charge in [0.25, 0.3) is 11.8 Å². The Balaban J connectivity index is 1.27. The Morgan fingerprint density at radius 3 is 2.84 bits per heavy atom. The smallest absolute Gasteiger partial charge is 0.326 e. The maximum atomic E-state index is 12.7. The number of pyridine rings is 1. The second kappa shape index (κ2) is 9.47. The third-order valence-electron chi connectivity index (χ3n) is 5.92. The second-order valence-corrected chi connectivity index (χ2v) is 9.82. The van der Waals surface area contributed by atoms with Gasteiger partial charge in [-0.2, -0.15) is 9.61 Å². The molecule has 0 aromatic carbocycles. The standard InChI is InChI=1S/C25H22N8O3S/c34-23-18(31-25(36)32-23)11-14-13-28-33-21(29-16-4-5-16)12-17(30-22(14)33)19-6-7-20(37-19)24(35)27-10-8-15-3-1-2-9-26-15/h1-3,6-7,9,11-13,16,29H,4-5,8,10H2,(H,27,35)(H2,31,32,34,36)/b18-11-. The number of carbonyl (C=O) groups excluding carboxylic acids is 3. The lowest BCUT2D eigenvalue weighted by molar-refractivity contribution is -0.115. The number of nitrogens with one attached hydrogen (secondary N) is 4. The highest BCUT2D eigenvalue weighted by Gasteiger charge is 2.25. The fraction of sp³-hybridized carbons (Fsp3) is 0.200. The molecular weight excluding hydrogens is 492 g/mol. The summed E-state index contributed by atoms with van der Waals surface area (Å²) in [4.78, 5) is 46.7. The second-order valence-electron chi connectivity index (χ2n) is 8.74. The van der Waals surface area contributed by atoms with Crippen molar-refractivity contribution in [2.24, 2.45) is 0 Å². The maximum absolute atomic E-state index is 12.7. The molecule has 1 saturated heterocycles. The van der Waals surface area contributed by atoms with E-state index in [1.165, 1.54) is 11.3 Å². The minimum atomic E-state index is -0.568. The average Bonchev–Trinajstić information content (AvgIpc) is 3.26. The van der Waals surface area contributed by atoms with Crippen molar-refractivity contribution in [2.45, 2.75) is 25.3 Å². The van der Waals surface area contributed by atoms with Crippen molar-refractivity contribution < 1.29 is 14.4 Å². The topological polar surface area (TPSA) is 142 Å². The van der Waals surface area contributed by atoms with Crippen molar-refractivity contribution in [2.75, 3.05) is 11.9 Å². The predicted octanol–water partition coefficient (Wildman–Crippen LogP) is 2.58. The fourth-order valence-corrected chi connectivity index (χ4v) is 4.80. The zero-order valence-electron chi connectivity index (χ0n) is 19.5. The number of imide groups is 1. The Morgan fingerprint density at radius 1 is 1.19 bits per heavy atom. The average molecular weight is 515 g/mol. The van der Waals surface area contributed by atoms with Crippen LogP contribution in [-0.4, -0.2) is 50.0 Å². The van der Waals surface area contributed by atoms with Crippen molar-refractivity contribution >= 4 is 46.7 Å². The van der Waals surface area contributed by atoms with E-state index in [0.29, 0.717) is 40.8 Å². The molecule has 0 bridgehead atoms. The lowest BCUT2D eigenvalue weighted by Gasteiger charge is -2.09. The van der Waals surface area contributed by atoms with Gasteiger partial charge >= 0.3 is 6.03 Å². The number of rotatable bonds is 8. The van der Waals surface area contributed by atoms with Gasteiger partial charge in [0, 0.05) is 42.5 Å². The number of hydrogen-bond donors (Lipinski definition) is 4. The van der Waals surface area contributed by atoms with Crippen LogP contribution in [0.5, 0.6) is 0 Å². The molecule has 4 N–H and O–H groups in total. The summed E-state index contributed by atoms with van der Waals surface area (Å²) in [5.74, 6) is 0.109. The minimum absolute atomic E-state index is 0.129. The highest BCUT2D eigenvalue weighted by Crippen LogP contribution is 2.32. The van der Waals surface area contributed by atoms with Crippen LogP contribution in [0.1, 0.15) is 33.8 Å². The molecule has 0 unspecified atom stereocenters. The van der Waals surface area contributed by atoms with Crippen LogP contribution < -0.4 is 21.3 Å². The SMILES string of the molecule is O=C1NC(=O)/C(=C/c2cnn3c(NC4CC4)cc(-c4ccc(C(=O)NCCc5ccccn5)s4)nc23)N1. The number of aromatic nitrogens is 4. The number of hydrogen-bond acceptors (Lipinski definition) is 8. The molecule has 4 aromatic rings. The van der Waals surface area contributed by atoms with Crippen LogP contribution in [0.25, 0.3) is 22.3 Å². The summed E-state index contributed by atoms with van der Waals surface area (Å²) in [6.07, 6.45) is 7.69. The predicted molar refractivity (Wildman–Crippen MR) is 138 cm³/mol. The van der Waals surface area contributed by atoms with E-state index in [-0.39, 0.29) is 11.6 Å². The van der Waals surface area contributed by atoms with E-state index in [2.05, 4.69) is 31.3 Å². The Bertz CT molecular complexity index is 1550. The van der Waals surface area contributed by atoms with Crippen LogP contribution in [0, 0.1) is 0 Å². The van der Waals surface area contributed by atoms with Gasteiger partial charge in [0.15, 0.2) is 5.65 Å². The summed E-state index contributed by atoms with van der Waals surface area (Å²) < 4.78 is 1.68. The zero-order chi connectivity index (χ0) is 25.4.